The van der Waals surface area contributed by atoms with Gasteiger partial charge in [-0.05, 0) is 24.3 Å². The molecule has 2 rings (SSSR count). The largest absolute Gasteiger partial charge is 0.323 e. The molecule has 0 N–H and O–H groups in total. The lowest BCUT2D eigenvalue weighted by Gasteiger charge is -1.95. The maximum atomic E-state index is 10.5. The Balaban J connectivity index is 2.88. The maximum Gasteiger partial charge on any atom is 0.152 e. The summed E-state index contributed by atoms with van der Waals surface area (Å²) < 4.78 is 1.92. The average molecular weight is 145 g/mol. The number of aromatic nitrogens is 1. The SMILES string of the molecule is O=Cc1cccn2cccc12. The van der Waals surface area contributed by atoms with Crippen LogP contribution in [0.15, 0.2) is 36.7 Å². The molecule has 0 aliphatic heterocycles. The van der Waals surface area contributed by atoms with Gasteiger partial charge in [-0.2, -0.15) is 0 Å². The highest BCUT2D eigenvalue weighted by Gasteiger charge is 1.96. The van der Waals surface area contributed by atoms with Crippen LogP contribution in [-0.2, 0) is 0 Å². The molecule has 2 aromatic heterocycles. The van der Waals surface area contributed by atoms with Crippen LogP contribution in [-0.4, -0.2) is 10.7 Å². The normalized spacial score (nSPS) is 10.2. The third-order valence-corrected chi connectivity index (χ3v) is 1.72. The van der Waals surface area contributed by atoms with Gasteiger partial charge in [-0.3, -0.25) is 4.79 Å². The van der Waals surface area contributed by atoms with Gasteiger partial charge in [0.2, 0.25) is 0 Å². The van der Waals surface area contributed by atoms with Crippen molar-refractivity contribution in [1.82, 2.24) is 4.40 Å². The first kappa shape index (κ1) is 6.16. The second kappa shape index (κ2) is 2.23. The average Bonchev–Trinajstić information content (AvgIpc) is 2.50. The zero-order valence-electron chi connectivity index (χ0n) is 5.90. The molecule has 0 fully saturated rings. The standard InChI is InChI=1S/C9H7NO/c11-7-8-3-1-5-10-6-2-4-9(8)10/h1-7H. The van der Waals surface area contributed by atoms with Crippen molar-refractivity contribution >= 4 is 11.8 Å². The van der Waals surface area contributed by atoms with Gasteiger partial charge in [-0.15, -0.1) is 0 Å². The number of hydrogen-bond acceptors (Lipinski definition) is 1. The van der Waals surface area contributed by atoms with Gasteiger partial charge < -0.3 is 4.40 Å². The second-order valence-electron chi connectivity index (χ2n) is 2.38. The lowest BCUT2D eigenvalue weighted by atomic mass is 10.2. The lowest BCUT2D eigenvalue weighted by Crippen LogP contribution is -1.86. The van der Waals surface area contributed by atoms with E-state index in [9.17, 15) is 4.79 Å². The van der Waals surface area contributed by atoms with Gasteiger partial charge in [-0.25, -0.2) is 0 Å². The first-order valence-corrected chi connectivity index (χ1v) is 3.43. The van der Waals surface area contributed by atoms with E-state index in [0.29, 0.717) is 0 Å². The van der Waals surface area contributed by atoms with Gasteiger partial charge in [0.25, 0.3) is 0 Å². The number of rotatable bonds is 1. The Bertz CT molecular complexity index is 389. The van der Waals surface area contributed by atoms with Gasteiger partial charge in [0.15, 0.2) is 6.29 Å². The van der Waals surface area contributed by atoms with E-state index < -0.39 is 0 Å². The van der Waals surface area contributed by atoms with Gasteiger partial charge in [0.1, 0.15) is 0 Å². The van der Waals surface area contributed by atoms with E-state index in [1.54, 1.807) is 0 Å². The van der Waals surface area contributed by atoms with Crippen molar-refractivity contribution in [3.05, 3.63) is 42.2 Å². The number of pyridine rings is 1. The Labute approximate surface area is 64.1 Å². The number of fused-ring (bicyclic) bond motifs is 1. The Hall–Kier alpha value is -1.57. The third-order valence-electron chi connectivity index (χ3n) is 1.72. The molecular weight excluding hydrogens is 138 g/mol. The number of hydrogen-bond donors (Lipinski definition) is 0. The minimum atomic E-state index is 0.734. The molecule has 2 aromatic rings. The molecule has 11 heavy (non-hydrogen) atoms. The van der Waals surface area contributed by atoms with Gasteiger partial charge in [0, 0.05) is 18.0 Å². The van der Waals surface area contributed by atoms with E-state index in [1.165, 1.54) is 0 Å². The fourth-order valence-electron chi connectivity index (χ4n) is 1.19. The van der Waals surface area contributed by atoms with Crippen LogP contribution < -0.4 is 0 Å². The van der Waals surface area contributed by atoms with Crippen LogP contribution in [0.2, 0.25) is 0 Å². The van der Waals surface area contributed by atoms with Crippen molar-refractivity contribution in [3.63, 3.8) is 0 Å². The fourth-order valence-corrected chi connectivity index (χ4v) is 1.19. The van der Waals surface area contributed by atoms with Crippen molar-refractivity contribution in [3.8, 4) is 0 Å². The van der Waals surface area contributed by atoms with Crippen LogP contribution in [0.25, 0.3) is 5.52 Å². The summed E-state index contributed by atoms with van der Waals surface area (Å²) >= 11 is 0. The molecular formula is C9H7NO. The molecule has 2 nitrogen and oxygen atoms in total. The van der Waals surface area contributed by atoms with Crippen molar-refractivity contribution in [2.45, 2.75) is 0 Å². The van der Waals surface area contributed by atoms with Crippen molar-refractivity contribution in [2.75, 3.05) is 0 Å². The summed E-state index contributed by atoms with van der Waals surface area (Å²) in [6.07, 6.45) is 4.71. The van der Waals surface area contributed by atoms with Crippen molar-refractivity contribution in [1.29, 1.82) is 0 Å². The number of aldehydes is 1. The van der Waals surface area contributed by atoms with Gasteiger partial charge in [0.05, 0.1) is 5.52 Å². The van der Waals surface area contributed by atoms with Gasteiger partial charge >= 0.3 is 0 Å². The summed E-state index contributed by atoms with van der Waals surface area (Å²) in [5.41, 5.74) is 1.69. The summed E-state index contributed by atoms with van der Waals surface area (Å²) in [5.74, 6) is 0. The summed E-state index contributed by atoms with van der Waals surface area (Å²) in [6, 6.07) is 7.51. The minimum Gasteiger partial charge on any atom is -0.323 e. The zero-order chi connectivity index (χ0) is 7.68. The van der Waals surface area contributed by atoms with E-state index in [2.05, 4.69) is 0 Å². The first-order valence-electron chi connectivity index (χ1n) is 3.43. The summed E-state index contributed by atoms with van der Waals surface area (Å²) in [5, 5.41) is 0. The zero-order valence-corrected chi connectivity index (χ0v) is 5.90. The van der Waals surface area contributed by atoms with E-state index in [1.807, 2.05) is 41.1 Å². The molecule has 0 bridgehead atoms. The predicted molar refractivity (Wildman–Crippen MR) is 42.8 cm³/mol. The van der Waals surface area contributed by atoms with E-state index in [4.69, 9.17) is 0 Å². The van der Waals surface area contributed by atoms with Crippen LogP contribution in [0.4, 0.5) is 0 Å². The highest BCUT2D eigenvalue weighted by Crippen LogP contribution is 2.08. The van der Waals surface area contributed by atoms with Crippen LogP contribution in [0, 0.1) is 0 Å². The smallest absolute Gasteiger partial charge is 0.152 e. The quantitative estimate of drug-likeness (QED) is 0.560. The highest BCUT2D eigenvalue weighted by atomic mass is 16.1. The Morgan fingerprint density at radius 3 is 2.64 bits per heavy atom. The van der Waals surface area contributed by atoms with Gasteiger partial charge in [-0.1, -0.05) is 0 Å². The predicted octanol–water partition coefficient (Wildman–Crippen LogP) is 1.75. The topological polar surface area (TPSA) is 21.5 Å². The van der Waals surface area contributed by atoms with E-state index in [-0.39, 0.29) is 0 Å². The molecule has 0 radical (unpaired) electrons. The van der Waals surface area contributed by atoms with Crippen LogP contribution in [0.5, 0.6) is 0 Å². The summed E-state index contributed by atoms with van der Waals surface area (Å²) in [7, 11) is 0. The Morgan fingerprint density at radius 1 is 1.18 bits per heavy atom. The molecule has 54 valence electrons. The van der Waals surface area contributed by atoms with Crippen LogP contribution >= 0.6 is 0 Å². The van der Waals surface area contributed by atoms with E-state index >= 15 is 0 Å². The highest BCUT2D eigenvalue weighted by molar-refractivity contribution is 5.85. The van der Waals surface area contributed by atoms with Crippen molar-refractivity contribution in [2.24, 2.45) is 0 Å². The summed E-state index contributed by atoms with van der Waals surface area (Å²) in [6.45, 7) is 0. The number of carbonyl (C=O) groups excluding carboxylic acids is 1. The molecule has 0 saturated carbocycles. The summed E-state index contributed by atoms with van der Waals surface area (Å²) in [4.78, 5) is 10.5. The maximum absolute atomic E-state index is 10.5. The molecule has 0 saturated heterocycles. The molecule has 2 heteroatoms. The third kappa shape index (κ3) is 0.835. The second-order valence-corrected chi connectivity index (χ2v) is 2.38. The molecule has 0 aliphatic rings. The fraction of sp³-hybridized carbons (Fsp3) is 0. The minimum absolute atomic E-state index is 0.734. The monoisotopic (exact) mass is 145 g/mol. The molecule has 0 aromatic carbocycles. The number of nitrogens with zero attached hydrogens (tertiary/aromatic N) is 1. The Morgan fingerprint density at radius 2 is 1.91 bits per heavy atom. The van der Waals surface area contributed by atoms with Crippen molar-refractivity contribution < 1.29 is 4.79 Å². The molecule has 0 aliphatic carbocycles. The first-order chi connectivity index (χ1) is 5.42. The van der Waals surface area contributed by atoms with E-state index in [0.717, 1.165) is 17.4 Å². The van der Waals surface area contributed by atoms with Crippen LogP contribution in [0.3, 0.4) is 0 Å². The molecule has 0 unspecified atom stereocenters. The lowest BCUT2D eigenvalue weighted by molar-refractivity contribution is 0.112. The Kier molecular flexibility index (Phi) is 1.25. The molecule has 0 atom stereocenters. The number of carbonyl (C=O) groups is 1. The molecule has 0 spiro atoms. The molecule has 2 heterocycles. The van der Waals surface area contributed by atoms with Crippen LogP contribution in [0.1, 0.15) is 10.4 Å². The molecule has 0 amide bonds.